The van der Waals surface area contributed by atoms with Crippen LogP contribution in [-0.4, -0.2) is 119 Å². The molecule has 2 fully saturated rings. The zero-order chi connectivity index (χ0) is 27.5. The maximum Gasteiger partial charge on any atom is 0.475 e. The quantitative estimate of drug-likeness (QED) is 0.0929. The van der Waals surface area contributed by atoms with Crippen molar-refractivity contribution >= 4 is 48.9 Å². The molecular weight excluding hydrogens is 503 g/mol. The summed E-state index contributed by atoms with van der Waals surface area (Å²) in [7, 11) is 0.0276. The molecule has 2 saturated heterocycles. The summed E-state index contributed by atoms with van der Waals surface area (Å²) in [6, 6.07) is -1.34. The molecule has 5 atom stereocenters. The van der Waals surface area contributed by atoms with E-state index >= 15 is 0 Å². The van der Waals surface area contributed by atoms with E-state index < -0.39 is 36.3 Å². The van der Waals surface area contributed by atoms with Crippen LogP contribution >= 0.6 is 11.8 Å². The molecule has 0 bridgehead atoms. The lowest BCUT2D eigenvalue weighted by Crippen LogP contribution is -2.51. The van der Waals surface area contributed by atoms with Crippen LogP contribution in [0.3, 0.4) is 0 Å². The Morgan fingerprint density at radius 3 is 2.65 bits per heavy atom. The molecule has 15 heteroatoms. The first kappa shape index (κ1) is 31.0. The second-order valence-electron chi connectivity index (χ2n) is 9.33. The lowest BCUT2D eigenvalue weighted by atomic mass is 9.77. The molecule has 2 rings (SSSR count). The Labute approximate surface area is 221 Å². The van der Waals surface area contributed by atoms with Crippen molar-refractivity contribution in [2.45, 2.75) is 74.8 Å². The maximum absolute atomic E-state index is 12.8. The molecule has 37 heavy (non-hydrogen) atoms. The third-order valence-electron chi connectivity index (χ3n) is 6.74. The van der Waals surface area contributed by atoms with Crippen LogP contribution in [0.15, 0.2) is 0 Å². The number of thioether (sulfide) groups is 1. The minimum Gasteiger partial charge on any atom is -0.426 e. The Kier molecular flexibility index (Phi) is 12.8. The molecule has 0 spiro atoms. The number of imide groups is 1. The third kappa shape index (κ3) is 8.95. The summed E-state index contributed by atoms with van der Waals surface area (Å²) in [4.78, 5) is 63.4. The highest BCUT2D eigenvalue weighted by Gasteiger charge is 2.41. The van der Waals surface area contributed by atoms with Gasteiger partial charge < -0.3 is 36.6 Å². The van der Waals surface area contributed by atoms with Crippen molar-refractivity contribution in [1.29, 1.82) is 0 Å². The minimum atomic E-state index is -1.58. The van der Waals surface area contributed by atoms with E-state index in [1.807, 2.05) is 6.92 Å². The molecule has 0 aromatic heterocycles. The average molecular weight is 542 g/mol. The zero-order valence-corrected chi connectivity index (χ0v) is 22.2. The van der Waals surface area contributed by atoms with Crippen LogP contribution in [0.4, 0.5) is 0 Å². The number of amides is 5. The number of primary amides is 1. The summed E-state index contributed by atoms with van der Waals surface area (Å²) in [5.41, 5.74) is 5.31. The van der Waals surface area contributed by atoms with Gasteiger partial charge in [-0.15, -0.1) is 11.8 Å². The van der Waals surface area contributed by atoms with Crippen molar-refractivity contribution in [2.75, 3.05) is 32.4 Å². The highest BCUT2D eigenvalue weighted by Crippen LogP contribution is 2.22. The summed E-state index contributed by atoms with van der Waals surface area (Å²) in [6.45, 7) is 2.78. The SMILES string of the molecule is CCC(SC[C@H](NC)C(N)=O)C(=O)N(C=O)CCCC(=O)N[C@H]1CN[C@H](C(=O)N2CCC[C@H]2B(O)O)C1. The topological polar surface area (TPSA) is 194 Å². The predicted octanol–water partition coefficient (Wildman–Crippen LogP) is -2.81. The molecule has 2 heterocycles. The number of carbonyl (C=O) groups excluding carboxylic acids is 5. The zero-order valence-electron chi connectivity index (χ0n) is 21.4. The molecule has 0 aromatic carbocycles. The number of nitrogens with two attached hydrogens (primary N) is 1. The number of hydrogen-bond acceptors (Lipinski definition) is 10. The molecule has 0 saturated carbocycles. The Hall–Kier alpha value is -2.20. The molecular formula is C22H39BN6O7S. The molecule has 13 nitrogen and oxygen atoms in total. The third-order valence-corrected chi connectivity index (χ3v) is 8.20. The molecule has 0 aliphatic carbocycles. The van der Waals surface area contributed by atoms with Crippen molar-refractivity contribution in [2.24, 2.45) is 5.73 Å². The van der Waals surface area contributed by atoms with E-state index in [1.54, 1.807) is 7.05 Å². The van der Waals surface area contributed by atoms with Gasteiger partial charge in [0.05, 0.1) is 23.3 Å². The lowest BCUT2D eigenvalue weighted by Gasteiger charge is -2.26. The van der Waals surface area contributed by atoms with Gasteiger partial charge >= 0.3 is 7.12 Å². The molecule has 2 aliphatic heterocycles. The van der Waals surface area contributed by atoms with E-state index in [4.69, 9.17) is 5.73 Å². The van der Waals surface area contributed by atoms with Crippen molar-refractivity contribution in [3.63, 3.8) is 0 Å². The Morgan fingerprint density at radius 1 is 1.32 bits per heavy atom. The number of likely N-dealkylation sites (N-methyl/N-ethyl adjacent to an activating group) is 1. The van der Waals surface area contributed by atoms with E-state index in [9.17, 15) is 34.0 Å². The van der Waals surface area contributed by atoms with Crippen molar-refractivity contribution in [3.05, 3.63) is 0 Å². The number of nitrogens with zero attached hydrogens (tertiary/aromatic N) is 2. The van der Waals surface area contributed by atoms with Crippen molar-refractivity contribution < 1.29 is 34.0 Å². The molecule has 0 aromatic rings. The summed E-state index contributed by atoms with van der Waals surface area (Å²) in [5, 5.41) is 27.2. The summed E-state index contributed by atoms with van der Waals surface area (Å²) < 4.78 is 0. The summed E-state index contributed by atoms with van der Waals surface area (Å²) in [6.07, 6.45) is 2.95. The normalized spacial score (nSPS) is 22.8. The second-order valence-corrected chi connectivity index (χ2v) is 10.6. The number of nitrogens with one attached hydrogen (secondary N) is 3. The minimum absolute atomic E-state index is 0.0853. The smallest absolute Gasteiger partial charge is 0.426 e. The molecule has 1 unspecified atom stereocenters. The number of carbonyl (C=O) groups is 5. The van der Waals surface area contributed by atoms with Gasteiger partial charge in [0, 0.05) is 37.8 Å². The first-order valence-electron chi connectivity index (χ1n) is 12.7. The van der Waals surface area contributed by atoms with Gasteiger partial charge in [0.1, 0.15) is 0 Å². The Bertz CT molecular complexity index is 822. The van der Waals surface area contributed by atoms with Gasteiger partial charge in [-0.3, -0.25) is 28.9 Å². The second kappa shape index (κ2) is 15.3. The van der Waals surface area contributed by atoms with Crippen LogP contribution in [0.25, 0.3) is 0 Å². The average Bonchev–Trinajstić information content (AvgIpc) is 3.54. The van der Waals surface area contributed by atoms with Crippen molar-refractivity contribution in [1.82, 2.24) is 25.8 Å². The van der Waals surface area contributed by atoms with E-state index in [2.05, 4.69) is 16.0 Å². The number of hydrogen-bond donors (Lipinski definition) is 6. The largest absolute Gasteiger partial charge is 0.475 e. The van der Waals surface area contributed by atoms with E-state index in [1.165, 1.54) is 16.7 Å². The predicted molar refractivity (Wildman–Crippen MR) is 139 cm³/mol. The van der Waals surface area contributed by atoms with Crippen LogP contribution in [0.2, 0.25) is 0 Å². The van der Waals surface area contributed by atoms with Crippen molar-refractivity contribution in [3.8, 4) is 0 Å². The molecule has 2 aliphatic rings. The van der Waals surface area contributed by atoms with Crippen LogP contribution in [0.1, 0.15) is 45.4 Å². The Morgan fingerprint density at radius 2 is 2.05 bits per heavy atom. The maximum atomic E-state index is 12.8. The van der Waals surface area contributed by atoms with Gasteiger partial charge in [-0.25, -0.2) is 0 Å². The monoisotopic (exact) mass is 542 g/mol. The highest BCUT2D eigenvalue weighted by molar-refractivity contribution is 8.00. The molecule has 208 valence electrons. The van der Waals surface area contributed by atoms with Crippen LogP contribution in [0.5, 0.6) is 0 Å². The standard InChI is InChI=1S/C22H39BN6O7S/c1-3-17(37-12-16(25-2)20(24)32)22(34)28(13-30)8-5-7-19(31)27-14-10-15(26-11-14)21(33)29-9-4-6-18(29)23(35)36/h13-18,25-26,35-36H,3-12H2,1-2H3,(H2,24,32)(H,27,31)/t14-,15+,16+,17?,18+/m1/s1. The van der Waals surface area contributed by atoms with E-state index in [0.717, 1.165) is 4.90 Å². The lowest BCUT2D eigenvalue weighted by molar-refractivity contribution is -0.138. The summed E-state index contributed by atoms with van der Waals surface area (Å²) in [5.74, 6) is -1.66. The fourth-order valence-corrected chi connectivity index (χ4v) is 5.87. The van der Waals surface area contributed by atoms with E-state index in [-0.39, 0.29) is 43.1 Å². The molecule has 5 amide bonds. The Balaban J connectivity index is 1.75. The van der Waals surface area contributed by atoms with Crippen LogP contribution in [-0.2, 0) is 24.0 Å². The van der Waals surface area contributed by atoms with Crippen LogP contribution in [0, 0.1) is 0 Å². The molecule has 7 N–H and O–H groups in total. The molecule has 0 radical (unpaired) electrons. The van der Waals surface area contributed by atoms with Gasteiger partial charge in [0.25, 0.3) is 0 Å². The number of likely N-dealkylation sites (tertiary alicyclic amines) is 1. The van der Waals surface area contributed by atoms with Crippen LogP contribution < -0.4 is 21.7 Å². The van der Waals surface area contributed by atoms with Gasteiger partial charge in [0.15, 0.2) is 0 Å². The van der Waals surface area contributed by atoms with Gasteiger partial charge in [-0.1, -0.05) is 6.92 Å². The summed E-state index contributed by atoms with van der Waals surface area (Å²) >= 11 is 1.25. The van der Waals surface area contributed by atoms with Gasteiger partial charge in [-0.2, -0.15) is 0 Å². The fourth-order valence-electron chi connectivity index (χ4n) is 4.60. The highest BCUT2D eigenvalue weighted by atomic mass is 32.2. The first-order chi connectivity index (χ1) is 17.6. The fraction of sp³-hybridized carbons (Fsp3) is 0.773. The van der Waals surface area contributed by atoms with Gasteiger partial charge in [0.2, 0.25) is 30.0 Å². The van der Waals surface area contributed by atoms with Gasteiger partial charge in [-0.05, 0) is 39.2 Å². The number of rotatable bonds is 15. The first-order valence-corrected chi connectivity index (χ1v) is 13.7. The van der Waals surface area contributed by atoms with E-state index in [0.29, 0.717) is 50.9 Å².